The van der Waals surface area contributed by atoms with Gasteiger partial charge >= 0.3 is 0 Å². The molecule has 1 rings (SSSR count). The van der Waals surface area contributed by atoms with Gasteiger partial charge < -0.3 is 5.32 Å². The van der Waals surface area contributed by atoms with Crippen molar-refractivity contribution in [2.45, 2.75) is 71.1 Å². The van der Waals surface area contributed by atoms with Gasteiger partial charge in [0.25, 0.3) is 5.91 Å². The molecule has 0 bridgehead atoms. The maximum Gasteiger partial charge on any atom is 0.257 e. The molecule has 3 nitrogen and oxygen atoms in total. The smallest absolute Gasteiger partial charge is 0.257 e. The Morgan fingerprint density at radius 2 is 1.57 bits per heavy atom. The van der Waals surface area contributed by atoms with E-state index < -0.39 is 0 Å². The van der Waals surface area contributed by atoms with Gasteiger partial charge in [-0.25, -0.2) is 4.57 Å². The molecule has 0 spiro atoms. The molecule has 1 aromatic heterocycles. The number of carbonyl (C=O) groups is 1. The van der Waals surface area contributed by atoms with Gasteiger partial charge in [0.05, 0.1) is 0 Å². The minimum Gasteiger partial charge on any atom is -0.352 e. The van der Waals surface area contributed by atoms with E-state index in [1.54, 1.807) is 0 Å². The molecule has 0 aliphatic rings. The molecule has 23 heavy (non-hydrogen) atoms. The summed E-state index contributed by atoms with van der Waals surface area (Å²) in [5.41, 5.74) is 0.733. The normalized spacial score (nSPS) is 10.2. The Morgan fingerprint density at radius 1 is 1.00 bits per heavy atom. The molecule has 0 aliphatic carbocycles. The lowest BCUT2D eigenvalue weighted by Crippen LogP contribution is -2.31. The summed E-state index contributed by atoms with van der Waals surface area (Å²) in [5, 5.41) is 3.00. The minimum absolute atomic E-state index is 0. The number of hydrogen-bond donors (Lipinski definition) is 1. The van der Waals surface area contributed by atoms with E-state index in [0.717, 1.165) is 18.5 Å². The van der Waals surface area contributed by atoms with Crippen LogP contribution in [-0.4, -0.2) is 12.5 Å². The van der Waals surface area contributed by atoms with Crippen LogP contribution >= 0.6 is 12.4 Å². The van der Waals surface area contributed by atoms with E-state index in [2.05, 4.69) is 12.2 Å². The standard InChI is InChI=1S/C19H32N2O.ClH/c1-3-4-5-6-7-8-9-10-11-12-15-20-19(22)18-14-13-16-21(2)17-18;/h13-14,16-17H,3-12,15H2,1-2H3;1H/p+1. The summed E-state index contributed by atoms with van der Waals surface area (Å²) in [5.74, 6) is 0.0344. The molecule has 0 saturated carbocycles. The molecule has 0 aliphatic heterocycles. The van der Waals surface area contributed by atoms with E-state index in [-0.39, 0.29) is 18.3 Å². The highest BCUT2D eigenvalue weighted by atomic mass is 35.5. The molecule has 132 valence electrons. The number of halogens is 1. The SMILES string of the molecule is CCCCCCCCCCCCNC(=O)c1ccc[n+](C)c1.Cl. The third-order valence-corrected chi connectivity index (χ3v) is 4.02. The van der Waals surface area contributed by atoms with Gasteiger partial charge in [0, 0.05) is 12.6 Å². The molecule has 0 atom stereocenters. The van der Waals surface area contributed by atoms with Gasteiger partial charge in [-0.1, -0.05) is 64.7 Å². The number of pyridine rings is 1. The van der Waals surface area contributed by atoms with Crippen molar-refractivity contribution in [3.63, 3.8) is 0 Å². The molecule has 0 saturated heterocycles. The highest BCUT2D eigenvalue weighted by Crippen LogP contribution is 2.10. The summed E-state index contributed by atoms with van der Waals surface area (Å²) in [6, 6.07) is 3.75. The molecular weight excluding hydrogens is 308 g/mol. The van der Waals surface area contributed by atoms with E-state index >= 15 is 0 Å². The molecular formula is C19H34ClN2O+. The predicted octanol–water partition coefficient (Wildman–Crippen LogP) is 4.58. The van der Waals surface area contributed by atoms with Crippen LogP contribution in [0.5, 0.6) is 0 Å². The second-order valence-electron chi connectivity index (χ2n) is 6.20. The van der Waals surface area contributed by atoms with E-state index in [1.807, 2.05) is 36.1 Å². The number of amides is 1. The van der Waals surface area contributed by atoms with Crippen molar-refractivity contribution in [3.8, 4) is 0 Å². The van der Waals surface area contributed by atoms with Crippen molar-refractivity contribution in [2.24, 2.45) is 7.05 Å². The van der Waals surface area contributed by atoms with Crippen molar-refractivity contribution >= 4 is 18.3 Å². The molecule has 1 amide bonds. The van der Waals surface area contributed by atoms with Crippen LogP contribution in [0.3, 0.4) is 0 Å². The Kier molecular flexibility index (Phi) is 13.8. The quantitative estimate of drug-likeness (QED) is 0.438. The van der Waals surface area contributed by atoms with Crippen LogP contribution in [0.2, 0.25) is 0 Å². The molecule has 4 heteroatoms. The van der Waals surface area contributed by atoms with Crippen molar-refractivity contribution in [1.29, 1.82) is 0 Å². The lowest BCUT2D eigenvalue weighted by Gasteiger charge is -2.05. The average Bonchev–Trinajstić information content (AvgIpc) is 2.52. The summed E-state index contributed by atoms with van der Waals surface area (Å²) in [6.07, 6.45) is 17.0. The van der Waals surface area contributed by atoms with E-state index in [4.69, 9.17) is 0 Å². The van der Waals surface area contributed by atoms with Gasteiger partial charge in [0.1, 0.15) is 12.6 Å². The number of unbranched alkanes of at least 4 members (excludes halogenated alkanes) is 9. The summed E-state index contributed by atoms with van der Waals surface area (Å²) in [4.78, 5) is 11.9. The van der Waals surface area contributed by atoms with Gasteiger partial charge in [0.15, 0.2) is 12.4 Å². The average molecular weight is 342 g/mol. The fourth-order valence-electron chi connectivity index (χ4n) is 2.64. The Bertz CT molecular complexity index is 424. The first-order valence-electron chi connectivity index (χ1n) is 8.97. The zero-order chi connectivity index (χ0) is 16.0. The fourth-order valence-corrected chi connectivity index (χ4v) is 2.64. The van der Waals surface area contributed by atoms with Gasteiger partial charge in [-0.05, 0) is 12.5 Å². The molecule has 0 unspecified atom stereocenters. The maximum atomic E-state index is 11.9. The monoisotopic (exact) mass is 341 g/mol. The first kappa shape index (κ1) is 21.9. The van der Waals surface area contributed by atoms with Crippen LogP contribution in [0.1, 0.15) is 81.5 Å². The van der Waals surface area contributed by atoms with Crippen LogP contribution in [-0.2, 0) is 7.05 Å². The minimum atomic E-state index is 0. The second kappa shape index (κ2) is 14.5. The van der Waals surface area contributed by atoms with Crippen LogP contribution in [0.4, 0.5) is 0 Å². The van der Waals surface area contributed by atoms with Crippen LogP contribution < -0.4 is 9.88 Å². The second-order valence-corrected chi connectivity index (χ2v) is 6.20. The first-order valence-corrected chi connectivity index (χ1v) is 8.97. The lowest BCUT2D eigenvalue weighted by molar-refractivity contribution is -0.671. The van der Waals surface area contributed by atoms with Crippen molar-refractivity contribution in [3.05, 3.63) is 30.1 Å². The zero-order valence-electron chi connectivity index (χ0n) is 14.9. The van der Waals surface area contributed by atoms with Gasteiger partial charge in [-0.2, -0.15) is 0 Å². The van der Waals surface area contributed by atoms with Gasteiger partial charge in [-0.3, -0.25) is 4.79 Å². The summed E-state index contributed by atoms with van der Waals surface area (Å²) in [6.45, 7) is 3.05. The Hall–Kier alpha value is -1.09. The third-order valence-electron chi connectivity index (χ3n) is 4.02. The maximum absolute atomic E-state index is 11.9. The van der Waals surface area contributed by atoms with Gasteiger partial charge in [0.2, 0.25) is 0 Å². The summed E-state index contributed by atoms with van der Waals surface area (Å²) >= 11 is 0. The number of rotatable bonds is 12. The molecule has 0 aromatic carbocycles. The highest BCUT2D eigenvalue weighted by Gasteiger charge is 2.07. The number of hydrogen-bond acceptors (Lipinski definition) is 1. The Morgan fingerprint density at radius 3 is 2.13 bits per heavy atom. The number of aryl methyl sites for hydroxylation is 1. The molecule has 0 radical (unpaired) electrons. The van der Waals surface area contributed by atoms with E-state index in [1.165, 1.54) is 57.8 Å². The largest absolute Gasteiger partial charge is 0.352 e. The summed E-state index contributed by atoms with van der Waals surface area (Å²) < 4.78 is 1.90. The van der Waals surface area contributed by atoms with Gasteiger partial charge in [-0.15, -0.1) is 12.4 Å². The number of carbonyl (C=O) groups excluding carboxylic acids is 1. The fraction of sp³-hybridized carbons (Fsp3) is 0.684. The van der Waals surface area contributed by atoms with Crippen LogP contribution in [0.25, 0.3) is 0 Å². The number of nitrogens with zero attached hydrogens (tertiary/aromatic N) is 1. The molecule has 1 heterocycles. The number of aromatic nitrogens is 1. The molecule has 1 aromatic rings. The Balaban J connectivity index is 0.00000484. The number of nitrogens with one attached hydrogen (secondary N) is 1. The van der Waals surface area contributed by atoms with Crippen molar-refractivity contribution < 1.29 is 9.36 Å². The summed E-state index contributed by atoms with van der Waals surface area (Å²) in [7, 11) is 1.93. The predicted molar refractivity (Wildman–Crippen MR) is 99.0 cm³/mol. The molecule has 1 N–H and O–H groups in total. The van der Waals surface area contributed by atoms with E-state index in [9.17, 15) is 4.79 Å². The van der Waals surface area contributed by atoms with Crippen molar-refractivity contribution in [1.82, 2.24) is 5.32 Å². The Labute approximate surface area is 148 Å². The van der Waals surface area contributed by atoms with Crippen molar-refractivity contribution in [2.75, 3.05) is 6.54 Å². The van der Waals surface area contributed by atoms with Crippen LogP contribution in [0.15, 0.2) is 24.5 Å². The molecule has 0 fully saturated rings. The highest BCUT2D eigenvalue weighted by molar-refractivity contribution is 5.93. The van der Waals surface area contributed by atoms with Crippen LogP contribution in [0, 0.1) is 0 Å². The topological polar surface area (TPSA) is 33.0 Å². The first-order chi connectivity index (χ1) is 10.7. The third kappa shape index (κ3) is 11.1. The zero-order valence-corrected chi connectivity index (χ0v) is 15.7. The lowest BCUT2D eigenvalue weighted by atomic mass is 10.1. The van der Waals surface area contributed by atoms with E-state index in [0.29, 0.717) is 0 Å².